The van der Waals surface area contributed by atoms with E-state index >= 15 is 0 Å². The maximum absolute atomic E-state index is 13.0. The molecule has 3 nitrogen and oxygen atoms in total. The molecule has 0 radical (unpaired) electrons. The Bertz CT molecular complexity index is 370. The van der Waals surface area contributed by atoms with Gasteiger partial charge in [0.2, 0.25) is 0 Å². The highest BCUT2D eigenvalue weighted by molar-refractivity contribution is 5.90. The zero-order chi connectivity index (χ0) is 15.0. The van der Waals surface area contributed by atoms with Gasteiger partial charge in [0.25, 0.3) is 0 Å². The van der Waals surface area contributed by atoms with Gasteiger partial charge >= 0.3 is 0 Å². The molecule has 0 aromatic heterocycles. The third-order valence-electron chi connectivity index (χ3n) is 5.58. The zero-order valence-electron chi connectivity index (χ0n) is 13.2. The number of likely N-dealkylation sites (tertiary alicyclic amines) is 2. The molecule has 6 atom stereocenters. The Morgan fingerprint density at radius 3 is 1.55 bits per heavy atom. The molecule has 2 aliphatic rings. The van der Waals surface area contributed by atoms with Crippen molar-refractivity contribution >= 4 is 5.78 Å². The van der Waals surface area contributed by atoms with Crippen LogP contribution in [0.4, 0.5) is 0 Å². The molecule has 0 amide bonds. The van der Waals surface area contributed by atoms with Crippen molar-refractivity contribution in [3.8, 4) is 0 Å². The van der Waals surface area contributed by atoms with Crippen LogP contribution >= 0.6 is 0 Å². The highest BCUT2D eigenvalue weighted by Crippen LogP contribution is 2.36. The van der Waals surface area contributed by atoms with E-state index in [4.69, 9.17) is 0 Å². The first-order chi connectivity index (χ1) is 9.42. The first-order valence-electron chi connectivity index (χ1n) is 7.76. The normalized spacial score (nSPS) is 41.0. The number of rotatable bonds is 4. The smallest absolute Gasteiger partial charge is 0.177 e. The molecule has 2 aliphatic heterocycles. The molecule has 2 rings (SSSR count). The van der Waals surface area contributed by atoms with E-state index in [-0.39, 0.29) is 12.1 Å². The molecule has 112 valence electrons. The van der Waals surface area contributed by atoms with E-state index in [1.807, 2.05) is 12.4 Å². The van der Waals surface area contributed by atoms with Crippen LogP contribution < -0.4 is 0 Å². The van der Waals surface area contributed by atoms with Crippen molar-refractivity contribution in [3.05, 3.63) is 25.6 Å². The summed E-state index contributed by atoms with van der Waals surface area (Å²) < 4.78 is 0. The van der Waals surface area contributed by atoms with E-state index in [0.717, 1.165) is 12.8 Å². The van der Waals surface area contributed by atoms with Gasteiger partial charge in [-0.3, -0.25) is 4.79 Å². The second kappa shape index (κ2) is 5.63. The topological polar surface area (TPSA) is 23.6 Å². The number of Topliss-reactive ketones (excluding diaryl/α,β-unsaturated/α-hetero) is 1. The Balaban J connectivity index is 2.19. The van der Waals surface area contributed by atoms with Crippen molar-refractivity contribution in [2.75, 3.05) is 0 Å². The molecule has 2 heterocycles. The van der Waals surface area contributed by atoms with Gasteiger partial charge in [0.15, 0.2) is 5.78 Å². The minimum absolute atomic E-state index is 0.0116. The van der Waals surface area contributed by atoms with Gasteiger partial charge in [-0.25, -0.2) is 0 Å². The molecular formula is C17H28N2O. The van der Waals surface area contributed by atoms with Gasteiger partial charge < -0.3 is 9.80 Å². The van der Waals surface area contributed by atoms with Crippen molar-refractivity contribution in [1.82, 2.24) is 9.80 Å². The van der Waals surface area contributed by atoms with Gasteiger partial charge in [-0.15, -0.1) is 0 Å². The lowest BCUT2D eigenvalue weighted by Gasteiger charge is -2.31. The predicted octanol–water partition coefficient (Wildman–Crippen LogP) is 3.04. The quantitative estimate of drug-likeness (QED) is 0.788. The molecule has 20 heavy (non-hydrogen) atoms. The molecule has 0 aromatic rings. The van der Waals surface area contributed by atoms with E-state index < -0.39 is 0 Å². The summed E-state index contributed by atoms with van der Waals surface area (Å²) >= 11 is 0. The molecule has 0 aromatic carbocycles. The van der Waals surface area contributed by atoms with Crippen molar-refractivity contribution in [1.29, 1.82) is 0 Å². The lowest BCUT2D eigenvalue weighted by molar-refractivity contribution is -0.126. The molecule has 3 heteroatoms. The lowest BCUT2D eigenvalue weighted by atomic mass is 9.95. The van der Waals surface area contributed by atoms with Gasteiger partial charge in [-0.1, -0.05) is 27.0 Å². The van der Waals surface area contributed by atoms with E-state index in [2.05, 4.69) is 50.7 Å². The highest BCUT2D eigenvalue weighted by Gasteiger charge is 2.45. The molecule has 0 N–H and O–H groups in total. The number of hydrogen-bond acceptors (Lipinski definition) is 3. The summed E-state index contributed by atoms with van der Waals surface area (Å²) in [5, 5.41) is 0. The van der Waals surface area contributed by atoms with E-state index in [1.54, 1.807) is 0 Å². The highest BCUT2D eigenvalue weighted by atomic mass is 16.1. The van der Waals surface area contributed by atoms with Crippen LogP contribution in [0, 0.1) is 11.8 Å². The molecule has 0 bridgehead atoms. The molecule has 6 unspecified atom stereocenters. The summed E-state index contributed by atoms with van der Waals surface area (Å²) in [4.78, 5) is 17.3. The van der Waals surface area contributed by atoms with Gasteiger partial charge in [-0.05, 0) is 50.9 Å². The largest absolute Gasteiger partial charge is 0.365 e. The van der Waals surface area contributed by atoms with E-state index in [1.165, 1.54) is 0 Å². The SMILES string of the molecule is C=CN1C(C(=O)C2CC(C)C(C)N2C=C)CC(C)C1C. The Morgan fingerprint density at radius 1 is 0.900 bits per heavy atom. The van der Waals surface area contributed by atoms with Crippen molar-refractivity contribution in [3.63, 3.8) is 0 Å². The summed E-state index contributed by atoms with van der Waals surface area (Å²) in [6.45, 7) is 16.6. The van der Waals surface area contributed by atoms with Gasteiger partial charge in [0.1, 0.15) is 0 Å². The first-order valence-corrected chi connectivity index (χ1v) is 7.76. The van der Waals surface area contributed by atoms with E-state index in [9.17, 15) is 4.79 Å². The maximum Gasteiger partial charge on any atom is 0.177 e. The summed E-state index contributed by atoms with van der Waals surface area (Å²) in [5.74, 6) is 1.42. The van der Waals surface area contributed by atoms with Crippen molar-refractivity contribution in [2.45, 2.75) is 64.7 Å². The number of carbonyl (C=O) groups is 1. The third kappa shape index (κ3) is 2.27. The van der Waals surface area contributed by atoms with Crippen molar-refractivity contribution < 1.29 is 4.79 Å². The van der Waals surface area contributed by atoms with Crippen LogP contribution in [0.15, 0.2) is 25.6 Å². The van der Waals surface area contributed by atoms with Gasteiger partial charge in [0, 0.05) is 12.1 Å². The molecule has 2 fully saturated rings. The summed E-state index contributed by atoms with van der Waals surface area (Å²) in [6, 6.07) is 0.773. The lowest BCUT2D eigenvalue weighted by Crippen LogP contribution is -2.45. The van der Waals surface area contributed by atoms with Crippen LogP contribution in [-0.2, 0) is 4.79 Å². The Morgan fingerprint density at radius 2 is 1.25 bits per heavy atom. The van der Waals surface area contributed by atoms with Gasteiger partial charge in [0.05, 0.1) is 12.1 Å². The predicted molar refractivity (Wildman–Crippen MR) is 83.1 cm³/mol. The molecule has 2 saturated heterocycles. The molecular weight excluding hydrogens is 248 g/mol. The number of carbonyl (C=O) groups excluding carboxylic acids is 1. The van der Waals surface area contributed by atoms with Crippen LogP contribution in [0.1, 0.15) is 40.5 Å². The zero-order valence-corrected chi connectivity index (χ0v) is 13.2. The fourth-order valence-corrected chi connectivity index (χ4v) is 3.83. The van der Waals surface area contributed by atoms with Crippen molar-refractivity contribution in [2.24, 2.45) is 11.8 Å². The standard InChI is InChI=1S/C17H28N2O/c1-7-18-13(5)11(3)9-15(18)17(20)16-10-12(4)14(6)19(16)8-2/h7-8,11-16H,1-2,9-10H2,3-6H3. The van der Waals surface area contributed by atoms with Gasteiger partial charge in [-0.2, -0.15) is 0 Å². The Labute approximate surface area is 123 Å². The second-order valence-corrected chi connectivity index (χ2v) is 6.60. The summed E-state index contributed by atoms with van der Waals surface area (Å²) in [5.41, 5.74) is 0. The fourth-order valence-electron chi connectivity index (χ4n) is 3.83. The van der Waals surface area contributed by atoms with Crippen LogP contribution in [0.3, 0.4) is 0 Å². The number of ketones is 1. The van der Waals surface area contributed by atoms with Crippen LogP contribution in [-0.4, -0.2) is 39.8 Å². The minimum Gasteiger partial charge on any atom is -0.365 e. The maximum atomic E-state index is 13.0. The van der Waals surface area contributed by atoms with E-state index in [0.29, 0.717) is 29.7 Å². The van der Waals surface area contributed by atoms with Crippen LogP contribution in [0.25, 0.3) is 0 Å². The first kappa shape index (κ1) is 15.1. The minimum atomic E-state index is -0.0116. The second-order valence-electron chi connectivity index (χ2n) is 6.60. The monoisotopic (exact) mass is 276 g/mol. The summed E-state index contributed by atoms with van der Waals surface area (Å²) in [7, 11) is 0. The molecule has 0 saturated carbocycles. The van der Waals surface area contributed by atoms with Crippen LogP contribution in [0.2, 0.25) is 0 Å². The average Bonchev–Trinajstić information content (AvgIpc) is 2.88. The molecule has 0 aliphatic carbocycles. The number of nitrogens with zero attached hydrogens (tertiary/aromatic N) is 2. The Kier molecular flexibility index (Phi) is 4.26. The number of hydrogen-bond donors (Lipinski definition) is 0. The molecule has 0 spiro atoms. The third-order valence-corrected chi connectivity index (χ3v) is 5.58. The fraction of sp³-hybridized carbons (Fsp3) is 0.706. The van der Waals surface area contributed by atoms with Crippen LogP contribution in [0.5, 0.6) is 0 Å². The summed E-state index contributed by atoms with van der Waals surface area (Å²) in [6.07, 6.45) is 5.57. The Hall–Kier alpha value is -1.25. The average molecular weight is 276 g/mol.